The molecule has 1 aliphatic rings. The van der Waals surface area contributed by atoms with Gasteiger partial charge < -0.3 is 48.5 Å². The molecule has 1 fully saturated rings. The van der Waals surface area contributed by atoms with Crippen LogP contribution in [0.3, 0.4) is 0 Å². The molecule has 0 spiro atoms. The Bertz CT molecular complexity index is 1160. The van der Waals surface area contributed by atoms with Crippen LogP contribution in [0.1, 0.15) is 53.9 Å². The van der Waals surface area contributed by atoms with Crippen LogP contribution in [0.2, 0.25) is 0 Å². The van der Waals surface area contributed by atoms with E-state index in [0.29, 0.717) is 0 Å². The molecule has 6 amide bonds. The number of amides is 6. The summed E-state index contributed by atoms with van der Waals surface area (Å²) in [6, 6.07) is -5.27. The summed E-state index contributed by atoms with van der Waals surface area (Å²) >= 11 is 0. The van der Waals surface area contributed by atoms with Gasteiger partial charge in [-0.15, -0.1) is 0 Å². The maximum Gasteiger partial charge on any atom is 0.305 e. The molecule has 4 atom stereocenters. The monoisotopic (exact) mass is 661 g/mol. The Balaban J connectivity index is 3.65. The average molecular weight is 662 g/mol. The van der Waals surface area contributed by atoms with Gasteiger partial charge >= 0.3 is 5.97 Å². The van der Waals surface area contributed by atoms with Crippen molar-refractivity contribution >= 4 is 69.0 Å². The van der Waals surface area contributed by atoms with Gasteiger partial charge in [0.25, 0.3) is 0 Å². The highest BCUT2D eigenvalue weighted by Gasteiger charge is 2.45. The van der Waals surface area contributed by atoms with Crippen LogP contribution in [0.5, 0.6) is 0 Å². The van der Waals surface area contributed by atoms with Gasteiger partial charge in [-0.2, -0.15) is 0 Å². The number of likely N-dealkylation sites (N-methyl/N-ethyl adjacent to an activating group) is 1. The van der Waals surface area contributed by atoms with Crippen LogP contribution in [0.4, 0.5) is 0 Å². The van der Waals surface area contributed by atoms with Gasteiger partial charge in [0.05, 0.1) is 13.0 Å². The van der Waals surface area contributed by atoms with E-state index < -0.39 is 88.0 Å². The summed E-state index contributed by atoms with van der Waals surface area (Å²) in [7, 11) is 3.60. The molecule has 1 rings (SSSR count). The lowest BCUT2D eigenvalue weighted by Crippen LogP contribution is -2.60. The molecule has 1 aliphatic heterocycles. The number of carboxylic acids is 1. The van der Waals surface area contributed by atoms with E-state index in [0.717, 1.165) is 26.5 Å². The molecule has 0 aromatic carbocycles. The molecule has 0 aliphatic carbocycles. The van der Waals surface area contributed by atoms with Crippen molar-refractivity contribution in [2.24, 2.45) is 22.2 Å². The fourth-order valence-corrected chi connectivity index (χ4v) is 6.97. The predicted molar refractivity (Wildman–Crippen MR) is 166 cm³/mol. The second-order valence-corrected chi connectivity index (χ2v) is 14.6. The number of nitrogens with one attached hydrogen (secondary N) is 4. The number of hydrogen-bond donors (Lipinski definition) is 8. The molecule has 19 heteroatoms. The number of nitrogens with zero attached hydrogens (tertiary/aromatic N) is 2. The third kappa shape index (κ3) is 11.7. The molecular weight excluding hydrogens is 618 g/mol. The molecule has 44 heavy (non-hydrogen) atoms. The highest BCUT2D eigenvalue weighted by Crippen LogP contribution is 2.46. The minimum Gasteiger partial charge on any atom is -0.481 e. The molecule has 1 saturated heterocycles. The Morgan fingerprint density at radius 3 is 2.14 bits per heavy atom. The van der Waals surface area contributed by atoms with Crippen LogP contribution in [0.15, 0.2) is 4.99 Å². The first-order valence-electron chi connectivity index (χ1n) is 13.5. The molecule has 0 bridgehead atoms. The number of carboxylic acid groups (broad SMARTS) is 1. The topological polar surface area (TPSA) is 281 Å². The quantitative estimate of drug-likeness (QED) is 0.0574. The molecule has 1 heterocycles. The van der Waals surface area contributed by atoms with Gasteiger partial charge in [0.1, 0.15) is 24.2 Å². The number of primary amides is 1. The van der Waals surface area contributed by atoms with E-state index in [2.05, 4.69) is 26.3 Å². The summed E-state index contributed by atoms with van der Waals surface area (Å²) in [6.07, 6.45) is -0.490. The van der Waals surface area contributed by atoms with Crippen molar-refractivity contribution in [3.63, 3.8) is 0 Å². The first-order chi connectivity index (χ1) is 20.2. The van der Waals surface area contributed by atoms with Crippen molar-refractivity contribution in [2.75, 3.05) is 20.1 Å². The molecule has 0 radical (unpaired) electrons. The highest BCUT2D eigenvalue weighted by atomic mass is 33.1. The smallest absolute Gasteiger partial charge is 0.305 e. The minimum absolute atomic E-state index is 0.0684. The van der Waals surface area contributed by atoms with Crippen LogP contribution in [-0.4, -0.2) is 111 Å². The lowest BCUT2D eigenvalue weighted by Gasteiger charge is -2.39. The number of carbonyl (C=O) groups excluding carboxylic acids is 6. The van der Waals surface area contributed by atoms with Crippen LogP contribution in [-0.2, 0) is 33.6 Å². The number of hydrogen-bond acceptors (Lipinski definition) is 10. The van der Waals surface area contributed by atoms with E-state index in [-0.39, 0.29) is 25.3 Å². The van der Waals surface area contributed by atoms with E-state index in [1.165, 1.54) is 14.0 Å². The number of aliphatic carboxylic acids is 1. The summed E-state index contributed by atoms with van der Waals surface area (Å²) in [6.45, 7) is 7.27. The number of guanidine groups is 1. The number of rotatable bonds is 8. The maximum atomic E-state index is 13.9. The van der Waals surface area contributed by atoms with Gasteiger partial charge in [0, 0.05) is 30.0 Å². The third-order valence-electron chi connectivity index (χ3n) is 6.53. The third-order valence-corrected chi connectivity index (χ3v) is 10.8. The number of aliphatic imine (C=N–C) groups is 1. The lowest BCUT2D eigenvalue weighted by atomic mass is 9.99. The van der Waals surface area contributed by atoms with Gasteiger partial charge in [0.2, 0.25) is 35.4 Å². The van der Waals surface area contributed by atoms with Gasteiger partial charge in [-0.25, -0.2) is 0 Å². The molecule has 11 N–H and O–H groups in total. The van der Waals surface area contributed by atoms with E-state index in [1.54, 1.807) is 27.7 Å². The normalized spacial score (nSPS) is 25.0. The van der Waals surface area contributed by atoms with Crippen molar-refractivity contribution in [2.45, 2.75) is 87.5 Å². The number of carbonyl (C=O) groups is 7. The van der Waals surface area contributed by atoms with Gasteiger partial charge in [0.15, 0.2) is 5.96 Å². The first-order valence-corrected chi connectivity index (χ1v) is 15.7. The summed E-state index contributed by atoms with van der Waals surface area (Å²) in [5.74, 6) is -6.26. The van der Waals surface area contributed by atoms with Crippen molar-refractivity contribution in [3.05, 3.63) is 0 Å². The van der Waals surface area contributed by atoms with E-state index >= 15 is 0 Å². The summed E-state index contributed by atoms with van der Waals surface area (Å²) in [5.41, 5.74) is 16.4. The van der Waals surface area contributed by atoms with E-state index in [9.17, 15) is 38.7 Å². The fraction of sp³-hybridized carbons (Fsp3) is 0.680. The average Bonchev–Trinajstić information content (AvgIpc) is 2.89. The molecule has 0 unspecified atom stereocenters. The maximum absolute atomic E-state index is 13.9. The first kappa shape index (κ1) is 38.3. The van der Waals surface area contributed by atoms with E-state index in [4.69, 9.17) is 17.2 Å². The van der Waals surface area contributed by atoms with Crippen LogP contribution in [0, 0.1) is 0 Å². The standard InChI is InChI=1S/C25H43N9O8S2/c1-12(35)31-18-22(42)34(6)14(8-7-9-29-23(27)28)21(41)30-11-15(36)32-13(10-16(37)38)20(40)33-17(19(26)39)24(2,3)43-44-25(18,4)5/h13-14,17-18H,7-11H2,1-6H3,(H2,26,39)(H,30,41)(H,31,35)(H,32,36)(H,33,40)(H,37,38)(H4,27,28,29)/t13-,14-,17+,18+/m1/s1. The predicted octanol–water partition coefficient (Wildman–Crippen LogP) is -2.63. The molecule has 248 valence electrons. The van der Waals surface area contributed by atoms with Gasteiger partial charge in [-0.1, -0.05) is 21.6 Å². The lowest BCUT2D eigenvalue weighted by molar-refractivity contribution is -0.143. The van der Waals surface area contributed by atoms with Crippen molar-refractivity contribution < 1.29 is 38.7 Å². The summed E-state index contributed by atoms with van der Waals surface area (Å²) < 4.78 is -2.21. The number of nitrogens with two attached hydrogens (primary N) is 3. The van der Waals surface area contributed by atoms with Crippen LogP contribution in [0.25, 0.3) is 0 Å². The van der Waals surface area contributed by atoms with E-state index in [1.807, 2.05) is 0 Å². The van der Waals surface area contributed by atoms with Crippen molar-refractivity contribution in [1.29, 1.82) is 0 Å². The summed E-state index contributed by atoms with van der Waals surface area (Å²) in [4.78, 5) is 94.3. The Hall–Kier alpha value is -3.74. The van der Waals surface area contributed by atoms with Crippen molar-refractivity contribution in [1.82, 2.24) is 26.2 Å². The Labute approximate surface area is 263 Å². The van der Waals surface area contributed by atoms with Crippen molar-refractivity contribution in [3.8, 4) is 0 Å². The van der Waals surface area contributed by atoms with Crippen LogP contribution < -0.4 is 38.5 Å². The van der Waals surface area contributed by atoms with Gasteiger partial charge in [-0.3, -0.25) is 38.6 Å². The second kappa shape index (κ2) is 16.4. The molecule has 17 nitrogen and oxygen atoms in total. The Morgan fingerprint density at radius 1 is 1.02 bits per heavy atom. The molecule has 0 saturated carbocycles. The molecule has 0 aromatic heterocycles. The minimum atomic E-state index is -1.61. The second-order valence-electron chi connectivity index (χ2n) is 11.2. The van der Waals surface area contributed by atoms with Crippen LogP contribution >= 0.6 is 21.6 Å². The SMILES string of the molecule is CC(=O)N[C@H]1C(=O)N(C)[C@H](CCCN=C(N)N)C(=O)NCC(=O)N[C@H](CC(=O)O)C(=O)N[C@@H](C(N)=O)C(C)(C)SSC1(C)C. The zero-order valence-corrected chi connectivity index (χ0v) is 27.2. The summed E-state index contributed by atoms with van der Waals surface area (Å²) in [5, 5.41) is 19.1. The largest absolute Gasteiger partial charge is 0.481 e. The zero-order valence-electron chi connectivity index (χ0n) is 25.6. The highest BCUT2D eigenvalue weighted by molar-refractivity contribution is 8.77. The zero-order chi connectivity index (χ0) is 34.0. The Kier molecular flexibility index (Phi) is 14.2. The van der Waals surface area contributed by atoms with Gasteiger partial charge in [-0.05, 0) is 40.5 Å². The molecule has 0 aromatic rings. The Morgan fingerprint density at radius 2 is 1.61 bits per heavy atom. The molecular formula is C25H43N9O8S2. The fourth-order valence-electron chi connectivity index (χ4n) is 4.14.